The average molecular weight is 1030 g/mol. The highest BCUT2D eigenvalue weighted by Crippen LogP contribution is 2.62. The van der Waals surface area contributed by atoms with E-state index in [1.807, 2.05) is 11.3 Å². The molecular weight excluding hydrogens is 960 g/mol. The molecule has 0 saturated heterocycles. The van der Waals surface area contributed by atoms with E-state index in [9.17, 15) is 0 Å². The molecule has 4 heteroatoms. The van der Waals surface area contributed by atoms with E-state index >= 15 is 0 Å². The lowest BCUT2D eigenvalue weighted by Gasteiger charge is -2.44. The second kappa shape index (κ2) is 15.2. The van der Waals surface area contributed by atoms with Gasteiger partial charge >= 0.3 is 6.85 Å². The van der Waals surface area contributed by atoms with Gasteiger partial charge in [-0.25, -0.2) is 0 Å². The minimum Gasteiger partial charge on any atom is -0.376 e. The van der Waals surface area contributed by atoms with Gasteiger partial charge in [0.1, 0.15) is 0 Å². The number of fused-ring (bicyclic) bond motifs is 18. The van der Waals surface area contributed by atoms with Crippen molar-refractivity contribution in [2.45, 2.75) is 116 Å². The van der Waals surface area contributed by atoms with Gasteiger partial charge in [-0.2, -0.15) is 0 Å². The predicted molar refractivity (Wildman–Crippen MR) is 335 cm³/mol. The third-order valence-corrected chi connectivity index (χ3v) is 21.2. The van der Waals surface area contributed by atoms with Gasteiger partial charge in [0.15, 0.2) is 0 Å². The first-order valence-corrected chi connectivity index (χ1v) is 29.4. The molecule has 0 atom stereocenters. The van der Waals surface area contributed by atoms with Crippen molar-refractivity contribution in [1.29, 1.82) is 0 Å². The zero-order chi connectivity index (χ0) is 53.3. The maximum atomic E-state index is 2.80. The van der Waals surface area contributed by atoms with Crippen LogP contribution in [0.25, 0.3) is 92.5 Å². The van der Waals surface area contributed by atoms with Crippen molar-refractivity contribution in [2.75, 3.05) is 4.81 Å². The summed E-state index contributed by atoms with van der Waals surface area (Å²) in [7, 11) is 0. The molecule has 2 aliphatic heterocycles. The lowest BCUT2D eigenvalue weighted by atomic mass is 9.43. The average Bonchev–Trinajstić information content (AvgIpc) is 2.51. The predicted octanol–water partition coefficient (Wildman–Crippen LogP) is 18.8. The molecule has 0 fully saturated rings. The Morgan fingerprint density at radius 3 is 1.78 bits per heavy atom. The highest BCUT2D eigenvalue weighted by atomic mass is 32.1. The lowest BCUT2D eigenvalue weighted by Crippen LogP contribution is -2.61. The first-order valence-electron chi connectivity index (χ1n) is 28.6. The van der Waals surface area contributed by atoms with Crippen LogP contribution < -0.4 is 15.7 Å². The fourth-order valence-electron chi connectivity index (χ4n) is 15.8. The highest BCUT2D eigenvalue weighted by Gasteiger charge is 2.52. The molecule has 2 nitrogen and oxygen atoms in total. The summed E-state index contributed by atoms with van der Waals surface area (Å²) in [6.45, 7) is 26.8. The monoisotopic (exact) mass is 1020 g/mol. The number of hydrogen-bond acceptors (Lipinski definition) is 2. The smallest absolute Gasteiger partial charge is 0.333 e. The van der Waals surface area contributed by atoms with Gasteiger partial charge in [0, 0.05) is 64.8 Å². The minimum atomic E-state index is -0.294. The summed E-state index contributed by atoms with van der Waals surface area (Å²) in [4.78, 5) is 4.12. The van der Waals surface area contributed by atoms with Gasteiger partial charge in [0.2, 0.25) is 0 Å². The Kier molecular flexibility index (Phi) is 9.12. The summed E-state index contributed by atoms with van der Waals surface area (Å²) in [6, 6.07) is 66.7. The summed E-state index contributed by atoms with van der Waals surface area (Å²) < 4.78 is 4.12. The number of aromatic nitrogens is 1. The number of anilines is 2. The van der Waals surface area contributed by atoms with Crippen molar-refractivity contribution in [3.63, 3.8) is 0 Å². The van der Waals surface area contributed by atoms with Crippen LogP contribution in [0.1, 0.15) is 128 Å². The zero-order valence-electron chi connectivity index (χ0n) is 47.0. The first kappa shape index (κ1) is 46.7. The van der Waals surface area contributed by atoms with E-state index in [2.05, 4.69) is 255 Å². The molecule has 5 aliphatic rings. The van der Waals surface area contributed by atoms with Gasteiger partial charge < -0.3 is 9.38 Å². The summed E-state index contributed by atoms with van der Waals surface area (Å²) in [5.74, 6) is 0. The quantitative estimate of drug-likeness (QED) is 0.160. The Balaban J connectivity index is 1.15. The minimum absolute atomic E-state index is 0.00718. The van der Waals surface area contributed by atoms with E-state index < -0.39 is 0 Å². The van der Waals surface area contributed by atoms with Gasteiger partial charge in [0.05, 0.1) is 11.0 Å². The van der Waals surface area contributed by atoms with E-state index in [1.54, 1.807) is 0 Å². The Bertz CT molecular complexity index is 4460. The molecule has 78 heavy (non-hydrogen) atoms. The number of rotatable bonds is 3. The molecule has 11 aromatic rings. The second-order valence-corrected chi connectivity index (χ2v) is 28.1. The third-order valence-electron chi connectivity index (χ3n) is 20.0. The van der Waals surface area contributed by atoms with E-state index in [-0.39, 0.29) is 33.9 Å². The van der Waals surface area contributed by atoms with Crippen LogP contribution in [0.3, 0.4) is 0 Å². The molecule has 0 unspecified atom stereocenters. The van der Waals surface area contributed by atoms with Crippen molar-refractivity contribution in [1.82, 2.24) is 4.57 Å². The standard InChI is InChI=1S/C74H65BN2S/c1-70(2,3)44-30-32-45(33-31-44)77-59-39-54-48(46-26-18-20-28-52(46)73(54,8)9)36-49(59)65-66-63(47-27-19-21-29-53(47)74(66,10)11)64-50-37-55-56(72(6,7)35-34-71(55,4)5)40-58(50)76-60-38-51-61(41-57(60)75(77)67(65)68(64)76)78-69(43-24-16-13-17-25-43)62(51)42-22-14-12-15-23-42/h12-33,36-41H,34-35H2,1-11H3. The third kappa shape index (κ3) is 5.95. The molecule has 2 aromatic heterocycles. The molecule has 0 bridgehead atoms. The molecule has 16 rings (SSSR count). The molecule has 380 valence electrons. The molecule has 3 aliphatic carbocycles. The van der Waals surface area contributed by atoms with Crippen molar-refractivity contribution >= 4 is 72.4 Å². The number of thiophene rings is 1. The van der Waals surface area contributed by atoms with Gasteiger partial charge in [-0.15, -0.1) is 11.3 Å². The number of nitrogens with zero attached hydrogens (tertiary/aromatic N) is 2. The molecule has 9 aromatic carbocycles. The zero-order valence-corrected chi connectivity index (χ0v) is 47.8. The molecule has 0 radical (unpaired) electrons. The van der Waals surface area contributed by atoms with Crippen molar-refractivity contribution in [2.24, 2.45) is 0 Å². The van der Waals surface area contributed by atoms with Crippen molar-refractivity contribution < 1.29 is 0 Å². The molecular formula is C74H65BN2S. The van der Waals surface area contributed by atoms with E-state index in [0.717, 1.165) is 12.8 Å². The Morgan fingerprint density at radius 1 is 0.487 bits per heavy atom. The molecule has 0 spiro atoms. The maximum absolute atomic E-state index is 2.80. The van der Waals surface area contributed by atoms with Gasteiger partial charge in [-0.05, 0) is 166 Å². The van der Waals surface area contributed by atoms with E-state index in [0.29, 0.717) is 0 Å². The lowest BCUT2D eigenvalue weighted by molar-refractivity contribution is 0.332. The Labute approximate surface area is 464 Å². The van der Waals surface area contributed by atoms with Crippen LogP contribution in [0.4, 0.5) is 11.4 Å². The van der Waals surface area contributed by atoms with Crippen LogP contribution in [0.2, 0.25) is 0 Å². The number of benzene rings is 9. The molecule has 0 saturated carbocycles. The van der Waals surface area contributed by atoms with Crippen LogP contribution >= 0.6 is 11.3 Å². The van der Waals surface area contributed by atoms with Crippen LogP contribution in [-0.4, -0.2) is 11.4 Å². The van der Waals surface area contributed by atoms with E-state index in [1.165, 1.54) is 154 Å². The van der Waals surface area contributed by atoms with Crippen LogP contribution in [0.5, 0.6) is 0 Å². The summed E-state index contributed by atoms with van der Waals surface area (Å²) in [5.41, 5.74) is 31.0. The Hall–Kier alpha value is -7.40. The van der Waals surface area contributed by atoms with Gasteiger partial charge in [-0.3, -0.25) is 0 Å². The van der Waals surface area contributed by atoms with Gasteiger partial charge in [-0.1, -0.05) is 197 Å². The normalized spacial score (nSPS) is 17.2. The summed E-state index contributed by atoms with van der Waals surface area (Å²) in [5, 5.41) is 4.10. The Morgan fingerprint density at radius 2 is 1.10 bits per heavy atom. The van der Waals surface area contributed by atoms with Crippen LogP contribution in [0, 0.1) is 0 Å². The fraction of sp³-hybridized carbons (Fsp3) is 0.243. The van der Waals surface area contributed by atoms with Crippen molar-refractivity contribution in [3.05, 3.63) is 209 Å². The largest absolute Gasteiger partial charge is 0.376 e. The summed E-state index contributed by atoms with van der Waals surface area (Å²) in [6.07, 6.45) is 2.32. The molecule has 0 N–H and O–H groups in total. The summed E-state index contributed by atoms with van der Waals surface area (Å²) >= 11 is 1.96. The van der Waals surface area contributed by atoms with E-state index in [4.69, 9.17) is 0 Å². The molecule has 4 heterocycles. The topological polar surface area (TPSA) is 8.17 Å². The SMILES string of the molecule is CC(C)(C)c1ccc(N2B3c4cc5sc(-c6ccccc6)c(-c6ccccc6)c5cc4-n4c5cc6c(cc5c5c7c(c(c3c54)-c3cc4c(cc32)C(C)(C)c2ccccc2-4)C(C)(C)c2ccccc2-7)C(C)(C)CCC6(C)C)cc1. The maximum Gasteiger partial charge on any atom is 0.333 e. The highest BCUT2D eigenvalue weighted by molar-refractivity contribution is 7.23. The van der Waals surface area contributed by atoms with Crippen LogP contribution in [0.15, 0.2) is 170 Å². The van der Waals surface area contributed by atoms with Crippen molar-refractivity contribution in [3.8, 4) is 60.6 Å². The first-order chi connectivity index (χ1) is 37.3. The fourth-order valence-corrected chi connectivity index (χ4v) is 17.0. The number of hydrogen-bond donors (Lipinski definition) is 0. The van der Waals surface area contributed by atoms with Crippen LogP contribution in [-0.2, 0) is 27.1 Å². The molecule has 0 amide bonds. The van der Waals surface area contributed by atoms with Gasteiger partial charge in [0.25, 0.3) is 0 Å². The second-order valence-electron chi connectivity index (χ2n) is 27.1.